The van der Waals surface area contributed by atoms with E-state index in [9.17, 15) is 19.5 Å². The molecule has 158 valence electrons. The number of nitrogens with zero attached hydrogens (tertiary/aromatic N) is 1. The van der Waals surface area contributed by atoms with E-state index in [1.807, 2.05) is 0 Å². The van der Waals surface area contributed by atoms with Gasteiger partial charge in [-0.2, -0.15) is 0 Å². The SMILES string of the molecule is COc1cc(C(=O)N[C@@]2(C)C(=O)N3[C@@H](C(=O)O)C(C)(C)S[C@@H]32)cc(OC)c1OC. The molecule has 0 unspecified atom stereocenters. The van der Waals surface area contributed by atoms with Crippen molar-refractivity contribution >= 4 is 29.5 Å². The van der Waals surface area contributed by atoms with Gasteiger partial charge in [0, 0.05) is 10.3 Å². The van der Waals surface area contributed by atoms with Crippen LogP contribution in [0, 0.1) is 0 Å². The molecule has 0 radical (unpaired) electrons. The maximum absolute atomic E-state index is 12.9. The molecule has 2 fully saturated rings. The number of carboxylic acids is 1. The molecule has 3 atom stereocenters. The van der Waals surface area contributed by atoms with Gasteiger partial charge in [0.1, 0.15) is 17.0 Å². The third-order valence-electron chi connectivity index (χ3n) is 5.31. The monoisotopic (exact) mass is 424 g/mol. The van der Waals surface area contributed by atoms with Crippen LogP contribution >= 0.6 is 11.8 Å². The number of benzene rings is 1. The number of amides is 2. The molecule has 0 aromatic heterocycles. The van der Waals surface area contributed by atoms with Gasteiger partial charge in [0.05, 0.1) is 21.3 Å². The molecule has 10 heteroatoms. The first-order chi connectivity index (χ1) is 13.5. The van der Waals surface area contributed by atoms with Crippen LogP contribution in [0.25, 0.3) is 0 Å². The number of thioether (sulfide) groups is 1. The number of aliphatic carboxylic acids is 1. The molecule has 2 aliphatic rings. The second kappa shape index (κ2) is 7.01. The highest BCUT2D eigenvalue weighted by Gasteiger charge is 2.70. The molecule has 0 bridgehead atoms. The smallest absolute Gasteiger partial charge is 0.327 e. The van der Waals surface area contributed by atoms with Crippen LogP contribution in [0.15, 0.2) is 12.1 Å². The number of hydrogen-bond donors (Lipinski definition) is 2. The van der Waals surface area contributed by atoms with Crippen molar-refractivity contribution < 1.29 is 33.7 Å². The van der Waals surface area contributed by atoms with Gasteiger partial charge in [-0.15, -0.1) is 11.8 Å². The van der Waals surface area contributed by atoms with Gasteiger partial charge in [-0.05, 0) is 32.9 Å². The van der Waals surface area contributed by atoms with Crippen molar-refractivity contribution in [3.05, 3.63) is 17.7 Å². The van der Waals surface area contributed by atoms with Crippen molar-refractivity contribution in [2.45, 2.75) is 42.5 Å². The predicted octanol–water partition coefficient (Wildman–Crippen LogP) is 1.35. The lowest BCUT2D eigenvalue weighted by Crippen LogP contribution is -2.78. The molecule has 9 nitrogen and oxygen atoms in total. The summed E-state index contributed by atoms with van der Waals surface area (Å²) >= 11 is 1.36. The van der Waals surface area contributed by atoms with Crippen molar-refractivity contribution in [1.82, 2.24) is 10.2 Å². The predicted molar refractivity (Wildman–Crippen MR) is 106 cm³/mol. The number of carbonyl (C=O) groups excluding carboxylic acids is 2. The molecule has 1 aromatic carbocycles. The van der Waals surface area contributed by atoms with Gasteiger partial charge in [0.15, 0.2) is 11.5 Å². The zero-order valence-corrected chi connectivity index (χ0v) is 17.9. The number of nitrogens with one attached hydrogen (secondary N) is 1. The Morgan fingerprint density at radius 3 is 2.10 bits per heavy atom. The minimum atomic E-state index is -1.22. The average Bonchev–Trinajstić information content (AvgIpc) is 2.95. The van der Waals surface area contributed by atoms with Crippen LogP contribution in [-0.2, 0) is 9.59 Å². The third-order valence-corrected chi connectivity index (χ3v) is 7.06. The summed E-state index contributed by atoms with van der Waals surface area (Å²) in [6, 6.07) is 2.04. The van der Waals surface area contributed by atoms with E-state index in [4.69, 9.17) is 14.2 Å². The van der Waals surface area contributed by atoms with E-state index in [1.165, 1.54) is 50.1 Å². The molecule has 1 aromatic rings. The number of carboxylic acid groups (broad SMARTS) is 1. The first-order valence-corrected chi connectivity index (χ1v) is 9.75. The Balaban J connectivity index is 1.89. The molecule has 29 heavy (non-hydrogen) atoms. The summed E-state index contributed by atoms with van der Waals surface area (Å²) in [6.07, 6.45) is 0. The molecule has 0 aliphatic carbocycles. The summed E-state index contributed by atoms with van der Waals surface area (Å²) in [5.74, 6) is -1.01. The number of rotatable bonds is 6. The fourth-order valence-electron chi connectivity index (χ4n) is 3.86. The molecule has 2 amide bonds. The maximum atomic E-state index is 12.9. The first kappa shape index (κ1) is 21.1. The zero-order chi connectivity index (χ0) is 21.7. The molecular formula is C19H24N2O7S. The highest BCUT2D eigenvalue weighted by molar-refractivity contribution is 8.01. The van der Waals surface area contributed by atoms with Crippen LogP contribution < -0.4 is 19.5 Å². The summed E-state index contributed by atoms with van der Waals surface area (Å²) < 4.78 is 15.1. The van der Waals surface area contributed by atoms with E-state index >= 15 is 0 Å². The Hall–Kier alpha value is -2.62. The molecule has 3 rings (SSSR count). The van der Waals surface area contributed by atoms with Gasteiger partial charge >= 0.3 is 5.97 Å². The molecule has 0 saturated carbocycles. The summed E-state index contributed by atoms with van der Waals surface area (Å²) in [5, 5.41) is 11.8. The van der Waals surface area contributed by atoms with E-state index in [2.05, 4.69) is 5.32 Å². The Kier molecular flexibility index (Phi) is 5.10. The van der Waals surface area contributed by atoms with Crippen molar-refractivity contribution in [3.63, 3.8) is 0 Å². The summed E-state index contributed by atoms with van der Waals surface area (Å²) in [7, 11) is 4.34. The van der Waals surface area contributed by atoms with Gasteiger partial charge in [0.2, 0.25) is 5.75 Å². The third kappa shape index (κ3) is 3.06. The van der Waals surface area contributed by atoms with Crippen LogP contribution in [0.4, 0.5) is 0 Å². The number of fused-ring (bicyclic) bond motifs is 1. The number of methoxy groups -OCH3 is 3. The minimum Gasteiger partial charge on any atom is -0.493 e. The van der Waals surface area contributed by atoms with E-state index in [-0.39, 0.29) is 5.56 Å². The summed E-state index contributed by atoms with van der Waals surface area (Å²) in [6.45, 7) is 5.17. The van der Waals surface area contributed by atoms with Crippen molar-refractivity contribution in [1.29, 1.82) is 0 Å². The van der Waals surface area contributed by atoms with Gasteiger partial charge in [-0.1, -0.05) is 0 Å². The van der Waals surface area contributed by atoms with Gasteiger partial charge in [0.25, 0.3) is 11.8 Å². The van der Waals surface area contributed by atoms with Crippen LogP contribution in [0.2, 0.25) is 0 Å². The van der Waals surface area contributed by atoms with Crippen LogP contribution in [0.3, 0.4) is 0 Å². The quantitative estimate of drug-likeness (QED) is 0.658. The van der Waals surface area contributed by atoms with E-state index in [1.54, 1.807) is 20.8 Å². The lowest BCUT2D eigenvalue weighted by atomic mass is 9.86. The Morgan fingerprint density at radius 2 is 1.66 bits per heavy atom. The second-order valence-electron chi connectivity index (χ2n) is 7.60. The standard InChI is InChI=1S/C19H24N2O7S/c1-18(2)13(15(23)24)21-16(25)19(3,17(21)29-18)20-14(22)9-7-10(26-4)12(28-6)11(8-9)27-5/h7-8,13,17H,1-6H3,(H,20,22)(H,23,24)/t13-,17+,19-/m0/s1. The Bertz CT molecular complexity index is 862. The molecule has 2 aliphatic heterocycles. The summed E-state index contributed by atoms with van der Waals surface area (Å²) in [5.41, 5.74) is -0.993. The molecule has 2 heterocycles. The van der Waals surface area contributed by atoms with Crippen LogP contribution in [0.1, 0.15) is 31.1 Å². The van der Waals surface area contributed by atoms with Crippen LogP contribution in [-0.4, -0.2) is 70.8 Å². The zero-order valence-electron chi connectivity index (χ0n) is 17.1. The van der Waals surface area contributed by atoms with Crippen LogP contribution in [0.5, 0.6) is 17.2 Å². The van der Waals surface area contributed by atoms with Crippen molar-refractivity contribution in [2.75, 3.05) is 21.3 Å². The first-order valence-electron chi connectivity index (χ1n) is 8.87. The number of ether oxygens (including phenoxy) is 3. The second-order valence-corrected chi connectivity index (χ2v) is 9.33. The van der Waals surface area contributed by atoms with Gasteiger partial charge in [-0.3, -0.25) is 9.59 Å². The number of β-lactam (4-membered cyclic amide) rings is 1. The average molecular weight is 424 g/mol. The minimum absolute atomic E-state index is 0.226. The normalized spacial score (nSPS) is 27.0. The van der Waals surface area contributed by atoms with Gasteiger partial charge in [-0.25, -0.2) is 4.79 Å². The molecular weight excluding hydrogens is 400 g/mol. The molecule has 0 spiro atoms. The highest BCUT2D eigenvalue weighted by Crippen LogP contribution is 2.54. The topological polar surface area (TPSA) is 114 Å². The lowest BCUT2D eigenvalue weighted by molar-refractivity contribution is -0.165. The molecule has 2 N–H and O–H groups in total. The molecule has 2 saturated heterocycles. The Morgan fingerprint density at radius 1 is 1.10 bits per heavy atom. The van der Waals surface area contributed by atoms with Crippen molar-refractivity contribution in [3.8, 4) is 17.2 Å². The fraction of sp³-hybridized carbons (Fsp3) is 0.526. The largest absolute Gasteiger partial charge is 0.493 e. The summed E-state index contributed by atoms with van der Waals surface area (Å²) in [4.78, 5) is 38.8. The van der Waals surface area contributed by atoms with Crippen molar-refractivity contribution in [2.24, 2.45) is 0 Å². The maximum Gasteiger partial charge on any atom is 0.327 e. The Labute approximate surface area is 172 Å². The highest BCUT2D eigenvalue weighted by atomic mass is 32.2. The lowest BCUT2D eigenvalue weighted by Gasteiger charge is -2.51. The van der Waals surface area contributed by atoms with E-state index < -0.39 is 39.5 Å². The van der Waals surface area contributed by atoms with E-state index in [0.717, 1.165) is 0 Å². The van der Waals surface area contributed by atoms with Gasteiger partial charge < -0.3 is 29.5 Å². The van der Waals surface area contributed by atoms with E-state index in [0.29, 0.717) is 17.2 Å². The number of hydrogen-bond acceptors (Lipinski definition) is 7. The fourth-order valence-corrected chi connectivity index (χ4v) is 5.50. The number of carbonyl (C=O) groups is 3.